The first-order valence-electron chi connectivity index (χ1n) is 12.2. The molecule has 2 saturated heterocycles. The van der Waals surface area contributed by atoms with Crippen LogP contribution in [0.3, 0.4) is 0 Å². The summed E-state index contributed by atoms with van der Waals surface area (Å²) in [4.78, 5) is 18.1. The topological polar surface area (TPSA) is 53.4 Å². The SMILES string of the molecule is Cc1ccc(N2CCN(C(=O)c3cnn(-c4ccc(Cl)cc4)c3C3CCNCC3)CC2)c(C)c1. The maximum atomic E-state index is 13.7. The number of carbonyl (C=O) groups excluding carboxylic acids is 1. The van der Waals surface area contributed by atoms with Crippen molar-refractivity contribution in [2.45, 2.75) is 32.6 Å². The lowest BCUT2D eigenvalue weighted by molar-refractivity contribution is 0.0744. The molecular formula is C27H32ClN5O. The van der Waals surface area contributed by atoms with Crippen LogP contribution >= 0.6 is 11.6 Å². The molecule has 0 saturated carbocycles. The summed E-state index contributed by atoms with van der Waals surface area (Å²) in [5.41, 5.74) is 6.54. The normalized spacial score (nSPS) is 17.3. The first kappa shape index (κ1) is 22.9. The molecule has 0 aliphatic carbocycles. The molecule has 2 aliphatic rings. The van der Waals surface area contributed by atoms with E-state index >= 15 is 0 Å². The highest BCUT2D eigenvalue weighted by Gasteiger charge is 2.31. The molecule has 1 N–H and O–H groups in total. The molecule has 7 heteroatoms. The molecule has 1 amide bonds. The highest BCUT2D eigenvalue weighted by atomic mass is 35.5. The number of halogens is 1. The van der Waals surface area contributed by atoms with Gasteiger partial charge in [-0.2, -0.15) is 5.10 Å². The summed E-state index contributed by atoms with van der Waals surface area (Å²) < 4.78 is 1.95. The van der Waals surface area contributed by atoms with Gasteiger partial charge in [0.05, 0.1) is 23.1 Å². The molecule has 0 radical (unpaired) electrons. The van der Waals surface area contributed by atoms with Crippen molar-refractivity contribution in [3.8, 4) is 5.69 Å². The summed E-state index contributed by atoms with van der Waals surface area (Å²) in [5, 5.41) is 8.81. The minimum absolute atomic E-state index is 0.0917. The Morgan fingerprint density at radius 2 is 1.71 bits per heavy atom. The molecule has 5 rings (SSSR count). The molecule has 2 fully saturated rings. The van der Waals surface area contributed by atoms with Crippen molar-refractivity contribution >= 4 is 23.2 Å². The number of amides is 1. The molecule has 0 atom stereocenters. The van der Waals surface area contributed by atoms with Gasteiger partial charge in [-0.05, 0) is 75.7 Å². The van der Waals surface area contributed by atoms with Crippen LogP contribution in [0.5, 0.6) is 0 Å². The van der Waals surface area contributed by atoms with E-state index in [0.29, 0.717) is 24.0 Å². The van der Waals surface area contributed by atoms with Crippen LogP contribution in [0.2, 0.25) is 5.02 Å². The third kappa shape index (κ3) is 4.57. The zero-order valence-corrected chi connectivity index (χ0v) is 20.7. The summed E-state index contributed by atoms with van der Waals surface area (Å²) in [7, 11) is 0. The number of rotatable bonds is 4. The van der Waals surface area contributed by atoms with Gasteiger partial charge >= 0.3 is 0 Å². The van der Waals surface area contributed by atoms with Crippen molar-refractivity contribution in [3.05, 3.63) is 76.1 Å². The molecule has 0 bridgehead atoms. The zero-order valence-electron chi connectivity index (χ0n) is 19.9. The number of piperazine rings is 1. The summed E-state index contributed by atoms with van der Waals surface area (Å²) in [6, 6.07) is 14.3. The minimum Gasteiger partial charge on any atom is -0.368 e. The minimum atomic E-state index is 0.0917. The number of hydrogen-bond donors (Lipinski definition) is 1. The van der Waals surface area contributed by atoms with Crippen LogP contribution in [-0.2, 0) is 0 Å². The molecule has 3 aromatic rings. The van der Waals surface area contributed by atoms with Crippen LogP contribution in [0.25, 0.3) is 5.69 Å². The quantitative estimate of drug-likeness (QED) is 0.598. The van der Waals surface area contributed by atoms with Gasteiger partial charge in [-0.3, -0.25) is 4.79 Å². The van der Waals surface area contributed by atoms with E-state index in [1.165, 1.54) is 16.8 Å². The lowest BCUT2D eigenvalue weighted by atomic mass is 9.91. The van der Waals surface area contributed by atoms with Crippen molar-refractivity contribution < 1.29 is 4.79 Å². The molecule has 0 spiro atoms. The van der Waals surface area contributed by atoms with E-state index in [1.807, 2.05) is 33.8 Å². The van der Waals surface area contributed by atoms with Crippen LogP contribution < -0.4 is 10.2 Å². The van der Waals surface area contributed by atoms with Gasteiger partial charge in [0.2, 0.25) is 0 Å². The van der Waals surface area contributed by atoms with Crippen LogP contribution in [0.1, 0.15) is 45.9 Å². The first-order valence-corrected chi connectivity index (χ1v) is 12.5. The maximum absolute atomic E-state index is 13.7. The Hall–Kier alpha value is -2.83. The number of anilines is 1. The fraction of sp³-hybridized carbons (Fsp3) is 0.407. The van der Waals surface area contributed by atoms with Crippen LogP contribution in [-0.4, -0.2) is 59.9 Å². The van der Waals surface area contributed by atoms with E-state index in [0.717, 1.165) is 56.0 Å². The fourth-order valence-corrected chi connectivity index (χ4v) is 5.41. The Bertz CT molecular complexity index is 1160. The second-order valence-corrected chi connectivity index (χ2v) is 9.86. The van der Waals surface area contributed by atoms with E-state index in [-0.39, 0.29) is 5.91 Å². The average Bonchev–Trinajstić information content (AvgIpc) is 3.30. The smallest absolute Gasteiger partial charge is 0.257 e. The van der Waals surface area contributed by atoms with Crippen molar-refractivity contribution in [1.82, 2.24) is 20.0 Å². The summed E-state index contributed by atoms with van der Waals surface area (Å²) in [5.74, 6) is 0.392. The average molecular weight is 478 g/mol. The van der Waals surface area contributed by atoms with Crippen molar-refractivity contribution in [1.29, 1.82) is 0 Å². The molecule has 34 heavy (non-hydrogen) atoms. The number of aryl methyl sites for hydroxylation is 2. The number of aromatic nitrogens is 2. The van der Waals surface area contributed by atoms with E-state index in [1.54, 1.807) is 6.20 Å². The molecule has 178 valence electrons. The first-order chi connectivity index (χ1) is 16.5. The van der Waals surface area contributed by atoms with Gasteiger partial charge in [0, 0.05) is 42.8 Å². The Kier molecular flexibility index (Phi) is 6.61. The zero-order chi connectivity index (χ0) is 23.7. The number of hydrogen-bond acceptors (Lipinski definition) is 4. The molecule has 0 unspecified atom stereocenters. The lowest BCUT2D eigenvalue weighted by Gasteiger charge is -2.37. The van der Waals surface area contributed by atoms with Gasteiger partial charge < -0.3 is 15.1 Å². The number of piperidine rings is 1. The highest BCUT2D eigenvalue weighted by Crippen LogP contribution is 2.32. The molecular weight excluding hydrogens is 446 g/mol. The van der Waals surface area contributed by atoms with Crippen molar-refractivity contribution in [3.63, 3.8) is 0 Å². The summed E-state index contributed by atoms with van der Waals surface area (Å²) in [6.07, 6.45) is 3.77. The Labute approximate surface area is 206 Å². The van der Waals surface area contributed by atoms with Gasteiger partial charge in [0.15, 0.2) is 0 Å². The second-order valence-electron chi connectivity index (χ2n) is 9.43. The molecule has 2 aliphatic heterocycles. The predicted molar refractivity (Wildman–Crippen MR) is 137 cm³/mol. The number of carbonyl (C=O) groups is 1. The van der Waals surface area contributed by atoms with E-state index in [2.05, 4.69) is 47.4 Å². The van der Waals surface area contributed by atoms with Crippen molar-refractivity contribution in [2.24, 2.45) is 0 Å². The van der Waals surface area contributed by atoms with Gasteiger partial charge in [0.25, 0.3) is 5.91 Å². The lowest BCUT2D eigenvalue weighted by Crippen LogP contribution is -2.49. The van der Waals surface area contributed by atoms with Crippen LogP contribution in [0.15, 0.2) is 48.7 Å². The summed E-state index contributed by atoms with van der Waals surface area (Å²) >= 11 is 6.12. The number of nitrogens with zero attached hydrogens (tertiary/aromatic N) is 4. The van der Waals surface area contributed by atoms with E-state index in [4.69, 9.17) is 11.6 Å². The van der Waals surface area contributed by atoms with Gasteiger partial charge in [-0.25, -0.2) is 4.68 Å². The fourth-order valence-electron chi connectivity index (χ4n) is 5.28. The largest absolute Gasteiger partial charge is 0.368 e. The van der Waals surface area contributed by atoms with Gasteiger partial charge in [-0.15, -0.1) is 0 Å². The third-order valence-corrected chi connectivity index (χ3v) is 7.35. The number of benzene rings is 2. The van der Waals surface area contributed by atoms with Gasteiger partial charge in [-0.1, -0.05) is 29.3 Å². The Morgan fingerprint density at radius 1 is 1.00 bits per heavy atom. The van der Waals surface area contributed by atoms with Crippen LogP contribution in [0, 0.1) is 13.8 Å². The molecule has 3 heterocycles. The molecule has 1 aromatic heterocycles. The van der Waals surface area contributed by atoms with Gasteiger partial charge in [0.1, 0.15) is 0 Å². The third-order valence-electron chi connectivity index (χ3n) is 7.09. The van der Waals surface area contributed by atoms with Crippen molar-refractivity contribution in [2.75, 3.05) is 44.2 Å². The Morgan fingerprint density at radius 3 is 2.38 bits per heavy atom. The standard InChI is InChI=1S/C27H32ClN5O/c1-19-3-8-25(20(2)17-19)31-13-15-32(16-14-31)27(34)24-18-30-33(23-6-4-22(28)5-7-23)26(24)21-9-11-29-12-10-21/h3-8,17-18,21,29H,9-16H2,1-2H3. The number of nitrogens with one attached hydrogen (secondary N) is 1. The maximum Gasteiger partial charge on any atom is 0.257 e. The summed E-state index contributed by atoms with van der Waals surface area (Å²) in [6.45, 7) is 9.30. The van der Waals surface area contributed by atoms with Crippen LogP contribution in [0.4, 0.5) is 5.69 Å². The monoisotopic (exact) mass is 477 g/mol. The predicted octanol–water partition coefficient (Wildman–Crippen LogP) is 4.57. The molecule has 6 nitrogen and oxygen atoms in total. The Balaban J connectivity index is 1.39. The van der Waals surface area contributed by atoms with E-state index < -0.39 is 0 Å². The molecule has 2 aromatic carbocycles. The van der Waals surface area contributed by atoms with E-state index in [9.17, 15) is 4.79 Å². The second kappa shape index (κ2) is 9.80. The highest BCUT2D eigenvalue weighted by molar-refractivity contribution is 6.30.